The molecule has 94 valence electrons. The minimum Gasteiger partial charge on any atom is -0.397 e. The van der Waals surface area contributed by atoms with Gasteiger partial charge >= 0.3 is 0 Å². The van der Waals surface area contributed by atoms with Gasteiger partial charge in [0.15, 0.2) is 0 Å². The van der Waals surface area contributed by atoms with Crippen molar-refractivity contribution < 1.29 is 4.79 Å². The Bertz CT molecular complexity index is 606. The van der Waals surface area contributed by atoms with Gasteiger partial charge in [0.2, 0.25) is 0 Å². The molecular weight excluding hydrogens is 268 g/mol. The molecule has 0 bridgehead atoms. The van der Waals surface area contributed by atoms with E-state index < -0.39 is 0 Å². The molecule has 1 aromatic heterocycles. The zero-order chi connectivity index (χ0) is 13.1. The number of rotatable bonds is 4. The number of carbonyl (C=O) groups excluding carboxylic acids is 1. The van der Waals surface area contributed by atoms with E-state index in [-0.39, 0.29) is 5.91 Å². The number of fused-ring (bicyclic) bond motifs is 1. The average Bonchev–Trinajstić information content (AvgIpc) is 2.68. The van der Waals surface area contributed by atoms with Crippen molar-refractivity contribution in [2.45, 2.75) is 6.42 Å². The number of anilines is 1. The first-order chi connectivity index (χ1) is 8.65. The van der Waals surface area contributed by atoms with Crippen LogP contribution in [0, 0.1) is 0 Å². The smallest absolute Gasteiger partial charge is 0.263 e. The molecular formula is C13H13ClN2OS. The number of amides is 1. The summed E-state index contributed by atoms with van der Waals surface area (Å²) in [5, 5.41) is 4.14. The van der Waals surface area contributed by atoms with Gasteiger partial charge in [-0.2, -0.15) is 0 Å². The van der Waals surface area contributed by atoms with Gasteiger partial charge in [0.1, 0.15) is 4.88 Å². The topological polar surface area (TPSA) is 55.1 Å². The molecule has 0 atom stereocenters. The van der Waals surface area contributed by atoms with Crippen LogP contribution < -0.4 is 11.1 Å². The van der Waals surface area contributed by atoms with Gasteiger partial charge in [-0.3, -0.25) is 4.79 Å². The molecule has 5 heteroatoms. The molecule has 1 heterocycles. The molecule has 0 radical (unpaired) electrons. The van der Waals surface area contributed by atoms with Crippen molar-refractivity contribution in [2.24, 2.45) is 0 Å². The lowest BCUT2D eigenvalue weighted by molar-refractivity contribution is 0.0959. The molecule has 1 amide bonds. The maximum Gasteiger partial charge on any atom is 0.263 e. The van der Waals surface area contributed by atoms with Gasteiger partial charge in [0.25, 0.3) is 5.91 Å². The number of halogens is 1. The molecule has 3 N–H and O–H groups in total. The van der Waals surface area contributed by atoms with Crippen LogP contribution in [0.15, 0.2) is 30.9 Å². The van der Waals surface area contributed by atoms with Crippen LogP contribution in [-0.4, -0.2) is 12.5 Å². The van der Waals surface area contributed by atoms with Crippen molar-refractivity contribution in [3.8, 4) is 0 Å². The summed E-state index contributed by atoms with van der Waals surface area (Å²) in [5.41, 5.74) is 6.45. The highest BCUT2D eigenvalue weighted by atomic mass is 35.5. The van der Waals surface area contributed by atoms with Crippen molar-refractivity contribution in [2.75, 3.05) is 12.3 Å². The van der Waals surface area contributed by atoms with Crippen LogP contribution in [0.2, 0.25) is 5.02 Å². The van der Waals surface area contributed by atoms with E-state index in [9.17, 15) is 4.79 Å². The summed E-state index contributed by atoms with van der Waals surface area (Å²) in [7, 11) is 0. The number of hydrogen-bond donors (Lipinski definition) is 2. The summed E-state index contributed by atoms with van der Waals surface area (Å²) in [5.74, 6) is -0.161. The van der Waals surface area contributed by atoms with Crippen molar-refractivity contribution >= 4 is 44.6 Å². The Hall–Kier alpha value is -1.52. The Labute approximate surface area is 114 Å². The lowest BCUT2D eigenvalue weighted by atomic mass is 10.2. The Morgan fingerprint density at radius 3 is 3.00 bits per heavy atom. The quantitative estimate of drug-likeness (QED) is 0.666. The highest BCUT2D eigenvalue weighted by molar-refractivity contribution is 7.21. The fraction of sp³-hybridized carbons (Fsp3) is 0.154. The van der Waals surface area contributed by atoms with E-state index in [0.29, 0.717) is 22.1 Å². The second kappa shape index (κ2) is 5.42. The second-order valence-corrected chi connectivity index (χ2v) is 5.25. The molecule has 0 aliphatic rings. The third-order valence-electron chi connectivity index (χ3n) is 2.54. The summed E-state index contributed by atoms with van der Waals surface area (Å²) < 4.78 is 0.925. The normalized spacial score (nSPS) is 10.5. The first kappa shape index (κ1) is 12.9. The van der Waals surface area contributed by atoms with E-state index in [1.807, 2.05) is 12.1 Å². The summed E-state index contributed by atoms with van der Waals surface area (Å²) in [6, 6.07) is 5.52. The van der Waals surface area contributed by atoms with Crippen LogP contribution in [0.3, 0.4) is 0 Å². The molecule has 2 aromatic rings. The maximum absolute atomic E-state index is 12.0. The van der Waals surface area contributed by atoms with Crippen LogP contribution in [0.25, 0.3) is 10.1 Å². The molecule has 0 fully saturated rings. The van der Waals surface area contributed by atoms with Gasteiger partial charge in [-0.1, -0.05) is 23.7 Å². The lowest BCUT2D eigenvalue weighted by Gasteiger charge is -2.02. The fourth-order valence-electron chi connectivity index (χ4n) is 1.67. The summed E-state index contributed by atoms with van der Waals surface area (Å²) in [4.78, 5) is 12.5. The molecule has 0 saturated heterocycles. The van der Waals surface area contributed by atoms with Gasteiger partial charge in [-0.05, 0) is 18.6 Å². The third-order valence-corrected chi connectivity index (χ3v) is 4.03. The number of carbonyl (C=O) groups is 1. The first-order valence-corrected chi connectivity index (χ1v) is 6.70. The number of nitrogens with one attached hydrogen (secondary N) is 1. The summed E-state index contributed by atoms with van der Waals surface area (Å²) in [6.45, 7) is 4.16. The molecule has 0 aliphatic carbocycles. The molecule has 0 spiro atoms. The molecule has 3 nitrogen and oxygen atoms in total. The van der Waals surface area contributed by atoms with Gasteiger partial charge in [-0.25, -0.2) is 0 Å². The van der Waals surface area contributed by atoms with Crippen LogP contribution >= 0.6 is 22.9 Å². The van der Waals surface area contributed by atoms with E-state index in [4.69, 9.17) is 17.3 Å². The Balaban J connectivity index is 2.34. The van der Waals surface area contributed by atoms with E-state index in [1.165, 1.54) is 11.3 Å². The summed E-state index contributed by atoms with van der Waals surface area (Å²) >= 11 is 7.45. The Morgan fingerprint density at radius 1 is 1.56 bits per heavy atom. The molecule has 18 heavy (non-hydrogen) atoms. The maximum atomic E-state index is 12.0. The molecule has 0 unspecified atom stereocenters. The van der Waals surface area contributed by atoms with E-state index in [1.54, 1.807) is 12.1 Å². The highest BCUT2D eigenvalue weighted by Crippen LogP contribution is 2.37. The van der Waals surface area contributed by atoms with Crippen molar-refractivity contribution in [1.82, 2.24) is 5.32 Å². The SMILES string of the molecule is C=CCCNC(=O)c1sc2cccc(Cl)c2c1N. The van der Waals surface area contributed by atoms with E-state index in [0.717, 1.165) is 16.5 Å². The Kier molecular flexibility index (Phi) is 3.89. The number of thiophene rings is 1. The zero-order valence-electron chi connectivity index (χ0n) is 9.70. The van der Waals surface area contributed by atoms with Crippen molar-refractivity contribution in [3.05, 3.63) is 40.8 Å². The van der Waals surface area contributed by atoms with Gasteiger partial charge in [0, 0.05) is 16.6 Å². The Morgan fingerprint density at radius 2 is 2.33 bits per heavy atom. The van der Waals surface area contributed by atoms with Crippen molar-refractivity contribution in [1.29, 1.82) is 0 Å². The van der Waals surface area contributed by atoms with Crippen LogP contribution in [0.5, 0.6) is 0 Å². The van der Waals surface area contributed by atoms with Crippen LogP contribution in [0.1, 0.15) is 16.1 Å². The van der Waals surface area contributed by atoms with Gasteiger partial charge in [-0.15, -0.1) is 17.9 Å². The lowest BCUT2D eigenvalue weighted by Crippen LogP contribution is -2.23. The molecule has 0 aliphatic heterocycles. The van der Waals surface area contributed by atoms with Crippen LogP contribution in [-0.2, 0) is 0 Å². The largest absolute Gasteiger partial charge is 0.397 e. The standard InChI is InChI=1S/C13H13ClN2OS/c1-2-3-7-16-13(17)12-11(15)10-8(14)5-4-6-9(10)18-12/h2,4-6H,1,3,7,15H2,(H,16,17). The van der Waals surface area contributed by atoms with E-state index in [2.05, 4.69) is 11.9 Å². The molecule has 1 aromatic carbocycles. The van der Waals surface area contributed by atoms with Gasteiger partial charge < -0.3 is 11.1 Å². The molecule has 2 rings (SSSR count). The van der Waals surface area contributed by atoms with Crippen LogP contribution in [0.4, 0.5) is 5.69 Å². The fourth-order valence-corrected chi connectivity index (χ4v) is 3.06. The minimum absolute atomic E-state index is 0.161. The molecule has 0 saturated carbocycles. The minimum atomic E-state index is -0.161. The third kappa shape index (κ3) is 2.35. The predicted molar refractivity (Wildman–Crippen MR) is 78.4 cm³/mol. The summed E-state index contributed by atoms with van der Waals surface area (Å²) in [6.07, 6.45) is 2.49. The monoisotopic (exact) mass is 280 g/mol. The number of nitrogen functional groups attached to an aromatic ring is 1. The number of benzene rings is 1. The average molecular weight is 281 g/mol. The number of nitrogens with two attached hydrogens (primary N) is 1. The van der Waals surface area contributed by atoms with Crippen molar-refractivity contribution in [3.63, 3.8) is 0 Å². The predicted octanol–water partition coefficient (Wildman–Crippen LogP) is 3.44. The highest BCUT2D eigenvalue weighted by Gasteiger charge is 2.17. The second-order valence-electron chi connectivity index (χ2n) is 3.79. The van der Waals surface area contributed by atoms with E-state index >= 15 is 0 Å². The van der Waals surface area contributed by atoms with Gasteiger partial charge in [0.05, 0.1) is 10.7 Å². The zero-order valence-corrected chi connectivity index (χ0v) is 11.3. The first-order valence-electron chi connectivity index (χ1n) is 5.50. The number of hydrogen-bond acceptors (Lipinski definition) is 3.